The molecule has 3 atom stereocenters. The smallest absolute Gasteiger partial charge is 0.0877 e. The van der Waals surface area contributed by atoms with Crippen molar-refractivity contribution in [1.82, 2.24) is 0 Å². The van der Waals surface area contributed by atoms with Gasteiger partial charge in [-0.1, -0.05) is 6.92 Å². The van der Waals surface area contributed by atoms with Crippen LogP contribution >= 0.6 is 11.8 Å². The van der Waals surface area contributed by atoms with E-state index >= 15 is 0 Å². The van der Waals surface area contributed by atoms with E-state index in [1.165, 1.54) is 0 Å². The van der Waals surface area contributed by atoms with Gasteiger partial charge in [-0.3, -0.25) is 0 Å². The first-order valence-electron chi connectivity index (χ1n) is 7.11. The first kappa shape index (κ1) is 14.6. The van der Waals surface area contributed by atoms with Crippen molar-refractivity contribution in [2.45, 2.75) is 63.3 Å². The highest BCUT2D eigenvalue weighted by atomic mass is 32.2. The van der Waals surface area contributed by atoms with Crippen LogP contribution in [0.15, 0.2) is 0 Å². The van der Waals surface area contributed by atoms with Gasteiger partial charge in [0.2, 0.25) is 0 Å². The molecule has 0 aromatic rings. The van der Waals surface area contributed by atoms with Gasteiger partial charge in [-0.2, -0.15) is 11.8 Å². The summed E-state index contributed by atoms with van der Waals surface area (Å²) in [5.41, 5.74) is -0.981. The molecule has 18 heavy (non-hydrogen) atoms. The lowest BCUT2D eigenvalue weighted by atomic mass is 9.75. The molecule has 0 aromatic heterocycles. The van der Waals surface area contributed by atoms with Crippen LogP contribution in [0.5, 0.6) is 0 Å². The fraction of sp³-hybridized carbons (Fsp3) is 1.00. The molecular formula is C14H26O3S. The van der Waals surface area contributed by atoms with E-state index in [0.717, 1.165) is 43.8 Å². The van der Waals surface area contributed by atoms with E-state index in [1.807, 2.05) is 18.7 Å². The zero-order valence-electron chi connectivity index (χ0n) is 11.5. The number of ether oxygens (including phenoxy) is 1. The standard InChI is InChI=1S/C14H26O3S/c1-3-13(2,16)12(15)11-4-7-17-14(10-11)5-8-18-9-6-14/h11-12,15-16H,3-10H2,1-2H3. The Hall–Kier alpha value is 0.230. The molecule has 106 valence electrons. The van der Waals surface area contributed by atoms with Gasteiger partial charge in [0.1, 0.15) is 0 Å². The van der Waals surface area contributed by atoms with E-state index in [4.69, 9.17) is 4.74 Å². The van der Waals surface area contributed by atoms with E-state index in [2.05, 4.69) is 0 Å². The summed E-state index contributed by atoms with van der Waals surface area (Å²) in [6.45, 7) is 4.40. The van der Waals surface area contributed by atoms with E-state index < -0.39 is 11.7 Å². The summed E-state index contributed by atoms with van der Waals surface area (Å²) in [7, 11) is 0. The topological polar surface area (TPSA) is 49.7 Å². The van der Waals surface area contributed by atoms with Crippen molar-refractivity contribution in [3.63, 3.8) is 0 Å². The predicted octanol–water partition coefficient (Wildman–Crippen LogP) is 2.20. The molecule has 2 aliphatic rings. The van der Waals surface area contributed by atoms with E-state index in [-0.39, 0.29) is 11.5 Å². The molecule has 2 fully saturated rings. The van der Waals surface area contributed by atoms with Gasteiger partial charge in [0.25, 0.3) is 0 Å². The molecule has 0 aliphatic carbocycles. The minimum atomic E-state index is -0.966. The first-order valence-corrected chi connectivity index (χ1v) is 8.27. The van der Waals surface area contributed by atoms with Gasteiger partial charge in [-0.05, 0) is 56.5 Å². The summed E-state index contributed by atoms with van der Waals surface area (Å²) in [6.07, 6.45) is 3.92. The van der Waals surface area contributed by atoms with Gasteiger partial charge in [-0.25, -0.2) is 0 Å². The van der Waals surface area contributed by atoms with Crippen molar-refractivity contribution in [2.24, 2.45) is 5.92 Å². The van der Waals surface area contributed by atoms with Crippen molar-refractivity contribution in [3.05, 3.63) is 0 Å². The highest BCUT2D eigenvalue weighted by Gasteiger charge is 2.44. The van der Waals surface area contributed by atoms with Gasteiger partial charge < -0.3 is 14.9 Å². The lowest BCUT2D eigenvalue weighted by Crippen LogP contribution is -2.51. The van der Waals surface area contributed by atoms with Crippen LogP contribution in [-0.2, 0) is 4.74 Å². The Morgan fingerprint density at radius 2 is 2.11 bits per heavy atom. The number of hydrogen-bond donors (Lipinski definition) is 2. The van der Waals surface area contributed by atoms with Crippen molar-refractivity contribution in [2.75, 3.05) is 18.1 Å². The Kier molecular flexibility index (Phi) is 4.63. The fourth-order valence-corrected chi connectivity index (χ4v) is 4.38. The molecular weight excluding hydrogens is 248 g/mol. The molecule has 2 N–H and O–H groups in total. The van der Waals surface area contributed by atoms with E-state index in [9.17, 15) is 10.2 Å². The molecule has 0 amide bonds. The Bertz CT molecular complexity index is 269. The summed E-state index contributed by atoms with van der Waals surface area (Å²) in [4.78, 5) is 0. The third-order valence-corrected chi connectivity index (χ3v) is 5.72. The van der Waals surface area contributed by atoms with Gasteiger partial charge in [-0.15, -0.1) is 0 Å². The maximum absolute atomic E-state index is 10.4. The van der Waals surface area contributed by atoms with Crippen molar-refractivity contribution >= 4 is 11.8 Å². The fourth-order valence-electron chi connectivity index (χ4n) is 3.14. The highest BCUT2D eigenvalue weighted by molar-refractivity contribution is 7.99. The second-order valence-corrected chi connectivity index (χ2v) is 7.28. The van der Waals surface area contributed by atoms with Crippen LogP contribution < -0.4 is 0 Å². The molecule has 0 aromatic carbocycles. The third kappa shape index (κ3) is 3.03. The summed E-state index contributed by atoms with van der Waals surface area (Å²) >= 11 is 1.99. The van der Waals surface area contributed by atoms with Crippen LogP contribution in [0.1, 0.15) is 46.0 Å². The average Bonchev–Trinajstić information content (AvgIpc) is 2.39. The van der Waals surface area contributed by atoms with Gasteiger partial charge in [0.15, 0.2) is 0 Å². The molecule has 2 rings (SSSR count). The summed E-state index contributed by atoms with van der Waals surface area (Å²) in [6, 6.07) is 0. The zero-order chi connectivity index (χ0) is 13.2. The number of thioether (sulfide) groups is 1. The number of hydrogen-bond acceptors (Lipinski definition) is 4. The molecule has 2 aliphatic heterocycles. The molecule has 2 heterocycles. The SMILES string of the molecule is CCC(C)(O)C(O)C1CCOC2(CCSCC2)C1. The summed E-state index contributed by atoms with van der Waals surface area (Å²) in [5, 5.41) is 20.6. The second-order valence-electron chi connectivity index (χ2n) is 6.05. The summed E-state index contributed by atoms with van der Waals surface area (Å²) in [5.74, 6) is 2.50. The maximum Gasteiger partial charge on any atom is 0.0877 e. The molecule has 3 unspecified atom stereocenters. The van der Waals surface area contributed by atoms with Crippen molar-refractivity contribution < 1.29 is 14.9 Å². The van der Waals surface area contributed by atoms with Crippen LogP contribution in [0.3, 0.4) is 0 Å². The normalized spacial score (nSPS) is 33.0. The minimum absolute atomic E-state index is 0.0149. The Morgan fingerprint density at radius 1 is 1.44 bits per heavy atom. The second kappa shape index (κ2) is 5.70. The molecule has 0 saturated carbocycles. The minimum Gasteiger partial charge on any atom is -0.390 e. The van der Waals surface area contributed by atoms with Crippen molar-refractivity contribution in [3.8, 4) is 0 Å². The number of aliphatic hydroxyl groups excluding tert-OH is 1. The lowest BCUT2D eigenvalue weighted by molar-refractivity contribution is -0.155. The largest absolute Gasteiger partial charge is 0.390 e. The predicted molar refractivity (Wildman–Crippen MR) is 74.9 cm³/mol. The Labute approximate surface area is 114 Å². The number of aliphatic hydroxyl groups is 2. The molecule has 3 nitrogen and oxygen atoms in total. The maximum atomic E-state index is 10.4. The quantitative estimate of drug-likeness (QED) is 0.828. The monoisotopic (exact) mass is 274 g/mol. The van der Waals surface area contributed by atoms with Gasteiger partial charge in [0.05, 0.1) is 17.3 Å². The zero-order valence-corrected chi connectivity index (χ0v) is 12.3. The highest BCUT2D eigenvalue weighted by Crippen LogP contribution is 2.42. The van der Waals surface area contributed by atoms with Gasteiger partial charge >= 0.3 is 0 Å². The molecule has 1 spiro atoms. The lowest BCUT2D eigenvalue weighted by Gasteiger charge is -2.46. The van der Waals surface area contributed by atoms with Crippen LogP contribution in [0.4, 0.5) is 0 Å². The van der Waals surface area contributed by atoms with E-state index in [1.54, 1.807) is 6.92 Å². The first-order chi connectivity index (χ1) is 8.49. The van der Waals surface area contributed by atoms with Crippen LogP contribution in [-0.4, -0.2) is 45.6 Å². The third-order valence-electron chi connectivity index (χ3n) is 4.73. The van der Waals surface area contributed by atoms with Crippen LogP contribution in [0.25, 0.3) is 0 Å². The Morgan fingerprint density at radius 3 is 2.72 bits per heavy atom. The Balaban J connectivity index is 2.02. The van der Waals surface area contributed by atoms with E-state index in [0.29, 0.717) is 6.42 Å². The molecule has 4 heteroatoms. The van der Waals surface area contributed by atoms with Crippen LogP contribution in [0, 0.1) is 5.92 Å². The molecule has 0 radical (unpaired) electrons. The van der Waals surface area contributed by atoms with Crippen LogP contribution in [0.2, 0.25) is 0 Å². The van der Waals surface area contributed by atoms with Crippen molar-refractivity contribution in [1.29, 1.82) is 0 Å². The molecule has 2 saturated heterocycles. The van der Waals surface area contributed by atoms with Gasteiger partial charge in [0, 0.05) is 6.61 Å². The summed E-state index contributed by atoms with van der Waals surface area (Å²) < 4.78 is 6.03. The number of rotatable bonds is 3. The molecule has 0 bridgehead atoms. The average molecular weight is 274 g/mol.